The molecule has 0 saturated heterocycles. The van der Waals surface area contributed by atoms with Crippen LogP contribution in [-0.2, 0) is 10.9 Å². The van der Waals surface area contributed by atoms with E-state index in [0.717, 1.165) is 18.7 Å². The zero-order chi connectivity index (χ0) is 22.6. The van der Waals surface area contributed by atoms with E-state index >= 15 is 0 Å². The van der Waals surface area contributed by atoms with Crippen molar-refractivity contribution in [3.05, 3.63) is 95.1 Å². The molecule has 1 atom stereocenters. The number of nitrogens with one attached hydrogen (secondary N) is 1. The minimum atomic E-state index is -4.60. The van der Waals surface area contributed by atoms with Gasteiger partial charge in [-0.2, -0.15) is 13.2 Å². The van der Waals surface area contributed by atoms with E-state index in [1.165, 1.54) is 36.4 Å². The number of ether oxygens (including phenoxy) is 1. The Morgan fingerprint density at radius 2 is 1.52 bits per heavy atom. The van der Waals surface area contributed by atoms with Gasteiger partial charge >= 0.3 is 12.1 Å². The van der Waals surface area contributed by atoms with Crippen LogP contribution < -0.4 is 5.32 Å². The van der Waals surface area contributed by atoms with Gasteiger partial charge in [-0.3, -0.25) is 4.79 Å². The summed E-state index contributed by atoms with van der Waals surface area (Å²) >= 11 is 0. The van der Waals surface area contributed by atoms with Crippen molar-refractivity contribution in [1.82, 2.24) is 5.32 Å². The third-order valence-electron chi connectivity index (χ3n) is 4.81. The molecule has 0 aliphatic rings. The number of amides is 1. The molecule has 0 aromatic heterocycles. The van der Waals surface area contributed by atoms with Crippen LogP contribution in [0.3, 0.4) is 0 Å². The van der Waals surface area contributed by atoms with Crippen molar-refractivity contribution in [1.29, 1.82) is 0 Å². The number of rotatable bonds is 5. The van der Waals surface area contributed by atoms with Gasteiger partial charge in [-0.15, -0.1) is 0 Å². The maximum atomic E-state index is 13.5. The van der Waals surface area contributed by atoms with Crippen LogP contribution in [0, 0.1) is 0 Å². The van der Waals surface area contributed by atoms with Crippen molar-refractivity contribution in [2.45, 2.75) is 19.1 Å². The van der Waals surface area contributed by atoms with Gasteiger partial charge in [-0.25, -0.2) is 4.79 Å². The lowest BCUT2D eigenvalue weighted by atomic mass is 9.95. The molecule has 0 heterocycles. The number of hydrogen-bond acceptors (Lipinski definition) is 3. The molecule has 0 aliphatic heterocycles. The highest BCUT2D eigenvalue weighted by Crippen LogP contribution is 2.37. The molecule has 0 saturated carbocycles. The highest BCUT2D eigenvalue weighted by molar-refractivity contribution is 6.00. The summed E-state index contributed by atoms with van der Waals surface area (Å²) < 4.78 is 45.2. The van der Waals surface area contributed by atoms with E-state index in [9.17, 15) is 22.8 Å². The Bertz CT molecular complexity index is 1090. The number of carbonyl (C=O) groups excluding carboxylic acids is 2. The second-order valence-corrected chi connectivity index (χ2v) is 6.94. The normalized spacial score (nSPS) is 12.2. The van der Waals surface area contributed by atoms with Crippen LogP contribution >= 0.6 is 0 Å². The number of halogens is 3. The molecule has 0 unspecified atom stereocenters. The molecule has 3 aromatic rings. The molecule has 1 N–H and O–H groups in total. The quantitative estimate of drug-likeness (QED) is 0.536. The minimum Gasteiger partial charge on any atom is -0.465 e. The first-order valence-electron chi connectivity index (χ1n) is 9.46. The standard InChI is InChI=1S/C24H20F3NO3/c1-15(16-8-4-3-5-9-16)28-22(29)18-12-17(13-19(14-18)23(30)31-2)20-10-6-7-11-21(20)24(25,26)27/h3-15H,1-2H3,(H,28,29)/t15-/m1/s1. The largest absolute Gasteiger partial charge is 0.465 e. The third-order valence-corrected chi connectivity index (χ3v) is 4.81. The lowest BCUT2D eigenvalue weighted by molar-refractivity contribution is -0.137. The molecular formula is C24H20F3NO3. The fourth-order valence-electron chi connectivity index (χ4n) is 3.24. The van der Waals surface area contributed by atoms with Crippen molar-refractivity contribution >= 4 is 11.9 Å². The second kappa shape index (κ2) is 9.04. The number of esters is 1. The molecule has 0 fully saturated rings. The molecule has 0 bridgehead atoms. The highest BCUT2D eigenvalue weighted by atomic mass is 19.4. The topological polar surface area (TPSA) is 55.4 Å². The fraction of sp³-hybridized carbons (Fsp3) is 0.167. The molecule has 0 spiro atoms. The Hall–Kier alpha value is -3.61. The second-order valence-electron chi connectivity index (χ2n) is 6.94. The van der Waals surface area contributed by atoms with Crippen molar-refractivity contribution in [2.24, 2.45) is 0 Å². The molecule has 0 radical (unpaired) electrons. The van der Waals surface area contributed by atoms with E-state index in [2.05, 4.69) is 5.32 Å². The molecular weight excluding hydrogens is 407 g/mol. The lowest BCUT2D eigenvalue weighted by Crippen LogP contribution is -2.27. The van der Waals surface area contributed by atoms with Crippen molar-refractivity contribution in [3.8, 4) is 11.1 Å². The van der Waals surface area contributed by atoms with Crippen molar-refractivity contribution < 1.29 is 27.5 Å². The summed E-state index contributed by atoms with van der Waals surface area (Å²) in [5.41, 5.74) is -0.00459. The molecule has 7 heteroatoms. The van der Waals surface area contributed by atoms with E-state index < -0.39 is 23.6 Å². The smallest absolute Gasteiger partial charge is 0.417 e. The van der Waals surface area contributed by atoms with Gasteiger partial charge in [0.05, 0.1) is 24.3 Å². The van der Waals surface area contributed by atoms with E-state index in [0.29, 0.717) is 0 Å². The maximum absolute atomic E-state index is 13.5. The van der Waals surface area contributed by atoms with E-state index in [1.54, 1.807) is 6.92 Å². The number of hydrogen-bond donors (Lipinski definition) is 1. The van der Waals surface area contributed by atoms with Gasteiger partial charge in [-0.1, -0.05) is 48.5 Å². The fourth-order valence-corrected chi connectivity index (χ4v) is 3.24. The lowest BCUT2D eigenvalue weighted by Gasteiger charge is -2.17. The summed E-state index contributed by atoms with van der Waals surface area (Å²) in [7, 11) is 1.16. The van der Waals surface area contributed by atoms with Gasteiger partial charge in [0.15, 0.2) is 0 Å². The SMILES string of the molecule is COC(=O)c1cc(C(=O)N[C@H](C)c2ccccc2)cc(-c2ccccc2C(F)(F)F)c1. The van der Waals surface area contributed by atoms with Gasteiger partial charge in [-0.05, 0) is 47.9 Å². The molecule has 1 amide bonds. The van der Waals surface area contributed by atoms with Crippen LogP contribution in [0.15, 0.2) is 72.8 Å². The zero-order valence-electron chi connectivity index (χ0n) is 16.9. The number of benzene rings is 3. The van der Waals surface area contributed by atoms with Crippen LogP contribution in [0.4, 0.5) is 13.2 Å². The van der Waals surface area contributed by atoms with Gasteiger partial charge in [0.1, 0.15) is 0 Å². The first-order valence-corrected chi connectivity index (χ1v) is 9.46. The molecule has 0 aliphatic carbocycles. The summed E-state index contributed by atoms with van der Waals surface area (Å²) in [5, 5.41) is 2.81. The average molecular weight is 427 g/mol. The van der Waals surface area contributed by atoms with Crippen LogP contribution in [-0.4, -0.2) is 19.0 Å². The van der Waals surface area contributed by atoms with Gasteiger partial charge < -0.3 is 10.1 Å². The zero-order valence-corrected chi connectivity index (χ0v) is 16.9. The molecule has 3 rings (SSSR count). The summed E-state index contributed by atoms with van der Waals surface area (Å²) in [6.45, 7) is 1.79. The summed E-state index contributed by atoms with van der Waals surface area (Å²) in [6, 6.07) is 17.8. The van der Waals surface area contributed by atoms with Gasteiger partial charge in [0.25, 0.3) is 5.91 Å². The highest BCUT2D eigenvalue weighted by Gasteiger charge is 2.33. The van der Waals surface area contributed by atoms with E-state index in [4.69, 9.17) is 4.74 Å². The number of alkyl halides is 3. The van der Waals surface area contributed by atoms with Crippen LogP contribution in [0.5, 0.6) is 0 Å². The Morgan fingerprint density at radius 3 is 2.16 bits per heavy atom. The van der Waals surface area contributed by atoms with Crippen molar-refractivity contribution in [3.63, 3.8) is 0 Å². The average Bonchev–Trinajstić information content (AvgIpc) is 2.78. The molecule has 31 heavy (non-hydrogen) atoms. The Labute approximate surface area is 177 Å². The predicted octanol–water partition coefficient (Wildman–Crippen LogP) is 5.65. The van der Waals surface area contributed by atoms with Gasteiger partial charge in [0, 0.05) is 5.56 Å². The minimum absolute atomic E-state index is 0.0190. The number of carbonyl (C=O) groups is 2. The van der Waals surface area contributed by atoms with Gasteiger partial charge in [0.2, 0.25) is 0 Å². The molecule has 160 valence electrons. The van der Waals surface area contributed by atoms with Crippen molar-refractivity contribution in [2.75, 3.05) is 7.11 Å². The van der Waals surface area contributed by atoms with Crippen LogP contribution in [0.2, 0.25) is 0 Å². The molecule has 4 nitrogen and oxygen atoms in total. The summed E-state index contributed by atoms with van der Waals surface area (Å²) in [4.78, 5) is 25.0. The van der Waals surface area contributed by atoms with Crippen LogP contribution in [0.1, 0.15) is 44.8 Å². The van der Waals surface area contributed by atoms with E-state index in [1.807, 2.05) is 30.3 Å². The predicted molar refractivity (Wildman–Crippen MR) is 111 cm³/mol. The summed E-state index contributed by atoms with van der Waals surface area (Å²) in [5.74, 6) is -1.27. The Morgan fingerprint density at radius 1 is 0.903 bits per heavy atom. The monoisotopic (exact) mass is 427 g/mol. The van der Waals surface area contributed by atoms with E-state index in [-0.39, 0.29) is 28.3 Å². The Balaban J connectivity index is 2.05. The summed E-state index contributed by atoms with van der Waals surface area (Å²) in [6.07, 6.45) is -4.60. The molecule has 3 aromatic carbocycles. The maximum Gasteiger partial charge on any atom is 0.417 e. The Kier molecular flexibility index (Phi) is 6.44. The number of methoxy groups -OCH3 is 1. The first kappa shape index (κ1) is 22.1. The first-order chi connectivity index (χ1) is 14.7. The van der Waals surface area contributed by atoms with Crippen LogP contribution in [0.25, 0.3) is 11.1 Å². The third kappa shape index (κ3) is 5.12.